The first-order chi connectivity index (χ1) is 10.3. The molecule has 4 nitrogen and oxygen atoms in total. The molecule has 0 spiro atoms. The summed E-state index contributed by atoms with van der Waals surface area (Å²) in [4.78, 5) is 13.9. The van der Waals surface area contributed by atoms with Crippen LogP contribution >= 0.6 is 11.8 Å². The zero-order valence-corrected chi connectivity index (χ0v) is 13.1. The van der Waals surface area contributed by atoms with Crippen molar-refractivity contribution in [1.29, 1.82) is 0 Å². The monoisotopic (exact) mass is 309 g/mol. The molecule has 1 aromatic rings. The second-order valence-electron chi connectivity index (χ2n) is 5.29. The zero-order chi connectivity index (χ0) is 14.9. The predicted octanol–water partition coefficient (Wildman–Crippen LogP) is 2.76. The molecule has 1 aliphatic heterocycles. The van der Waals surface area contributed by atoms with Crippen LogP contribution in [0, 0.1) is 5.92 Å². The van der Waals surface area contributed by atoms with Gasteiger partial charge in [0, 0.05) is 18.8 Å². The number of ether oxygens (including phenoxy) is 1. The first-order valence-electron chi connectivity index (χ1n) is 7.44. The van der Waals surface area contributed by atoms with Gasteiger partial charge in [-0.1, -0.05) is 30.3 Å². The first-order valence-corrected chi connectivity index (χ1v) is 8.59. The third-order valence-corrected chi connectivity index (χ3v) is 4.75. The quantitative estimate of drug-likeness (QED) is 0.821. The van der Waals surface area contributed by atoms with Gasteiger partial charge in [-0.05, 0) is 30.1 Å². The van der Waals surface area contributed by atoms with Gasteiger partial charge in [0.15, 0.2) is 0 Å². The third kappa shape index (κ3) is 5.59. The summed E-state index contributed by atoms with van der Waals surface area (Å²) in [5.41, 5.74) is 1.01. The Morgan fingerprint density at radius 3 is 2.95 bits per heavy atom. The molecule has 0 saturated carbocycles. The topological polar surface area (TPSA) is 49.8 Å². The van der Waals surface area contributed by atoms with Crippen LogP contribution in [0.4, 0.5) is 4.79 Å². The number of nitrogens with zero attached hydrogens (tertiary/aromatic N) is 1. The lowest BCUT2D eigenvalue weighted by Crippen LogP contribution is -2.40. The van der Waals surface area contributed by atoms with Crippen LogP contribution in [0.2, 0.25) is 0 Å². The van der Waals surface area contributed by atoms with Gasteiger partial charge < -0.3 is 14.7 Å². The maximum atomic E-state index is 12.1. The summed E-state index contributed by atoms with van der Waals surface area (Å²) in [6.45, 7) is 2.11. The number of amides is 1. The van der Waals surface area contributed by atoms with Crippen LogP contribution in [0.25, 0.3) is 0 Å². The van der Waals surface area contributed by atoms with Gasteiger partial charge in [0.1, 0.15) is 6.61 Å². The van der Waals surface area contributed by atoms with Gasteiger partial charge in [0.25, 0.3) is 0 Å². The largest absolute Gasteiger partial charge is 0.445 e. The molecule has 1 aliphatic rings. The van der Waals surface area contributed by atoms with Gasteiger partial charge in [0.05, 0.1) is 6.61 Å². The average molecular weight is 309 g/mol. The molecular formula is C16H23NO3S. The molecule has 0 bridgehead atoms. The van der Waals surface area contributed by atoms with Crippen molar-refractivity contribution in [2.24, 2.45) is 5.92 Å². The molecule has 0 aromatic heterocycles. The highest BCUT2D eigenvalue weighted by Crippen LogP contribution is 2.21. The third-order valence-electron chi connectivity index (χ3n) is 3.57. The highest BCUT2D eigenvalue weighted by molar-refractivity contribution is 7.99. The fourth-order valence-electron chi connectivity index (χ4n) is 2.49. The van der Waals surface area contributed by atoms with Crippen LogP contribution in [0.3, 0.4) is 0 Å². The summed E-state index contributed by atoms with van der Waals surface area (Å²) < 4.78 is 5.38. The number of benzene rings is 1. The van der Waals surface area contributed by atoms with Crippen molar-refractivity contribution in [2.45, 2.75) is 19.4 Å². The number of aliphatic hydroxyl groups is 1. The predicted molar refractivity (Wildman–Crippen MR) is 85.3 cm³/mol. The Morgan fingerprint density at radius 2 is 2.19 bits per heavy atom. The molecule has 1 heterocycles. The number of piperidine rings is 1. The molecule has 5 heteroatoms. The SMILES string of the molecule is O=C(OCc1ccccc1)N1CCC[C@H](CSCCO)C1. The summed E-state index contributed by atoms with van der Waals surface area (Å²) >= 11 is 1.75. The van der Waals surface area contributed by atoms with Crippen molar-refractivity contribution in [3.05, 3.63) is 35.9 Å². The number of hydrogen-bond acceptors (Lipinski definition) is 4. The van der Waals surface area contributed by atoms with Gasteiger partial charge in [0.2, 0.25) is 0 Å². The minimum atomic E-state index is -0.212. The minimum Gasteiger partial charge on any atom is -0.445 e. The minimum absolute atomic E-state index is 0.212. The van der Waals surface area contributed by atoms with E-state index >= 15 is 0 Å². The highest BCUT2D eigenvalue weighted by atomic mass is 32.2. The van der Waals surface area contributed by atoms with Crippen LogP contribution in [0.15, 0.2) is 30.3 Å². The number of carbonyl (C=O) groups is 1. The molecular weight excluding hydrogens is 286 g/mol. The molecule has 1 fully saturated rings. The van der Waals surface area contributed by atoms with Crippen LogP contribution in [-0.4, -0.2) is 47.3 Å². The Hall–Kier alpha value is -1.20. The summed E-state index contributed by atoms with van der Waals surface area (Å²) in [7, 11) is 0. The maximum absolute atomic E-state index is 12.1. The number of likely N-dealkylation sites (tertiary alicyclic amines) is 1. The summed E-state index contributed by atoms with van der Waals surface area (Å²) in [5.74, 6) is 2.29. The van der Waals surface area contributed by atoms with Crippen LogP contribution in [0.5, 0.6) is 0 Å². The highest BCUT2D eigenvalue weighted by Gasteiger charge is 2.24. The van der Waals surface area contributed by atoms with E-state index in [4.69, 9.17) is 9.84 Å². The molecule has 116 valence electrons. The van der Waals surface area contributed by atoms with Crippen molar-refractivity contribution >= 4 is 17.9 Å². The number of aliphatic hydroxyl groups excluding tert-OH is 1. The van der Waals surface area contributed by atoms with Crippen molar-refractivity contribution in [1.82, 2.24) is 4.90 Å². The fourth-order valence-corrected chi connectivity index (χ4v) is 3.39. The van der Waals surface area contributed by atoms with E-state index in [0.717, 1.165) is 43.0 Å². The van der Waals surface area contributed by atoms with Crippen LogP contribution < -0.4 is 0 Å². The number of rotatable bonds is 6. The second kappa shape index (κ2) is 8.95. The lowest BCUT2D eigenvalue weighted by Gasteiger charge is -2.31. The standard InChI is InChI=1S/C16H23NO3S/c18-9-10-21-13-15-7-4-8-17(11-15)16(19)20-12-14-5-2-1-3-6-14/h1-3,5-6,15,18H,4,7-13H2/t15-/m0/s1. The molecule has 0 unspecified atom stereocenters. The second-order valence-corrected chi connectivity index (χ2v) is 6.44. The van der Waals surface area contributed by atoms with Gasteiger partial charge in [-0.25, -0.2) is 4.79 Å². The molecule has 1 aromatic carbocycles. The number of thioether (sulfide) groups is 1. The molecule has 0 radical (unpaired) electrons. The molecule has 0 aliphatic carbocycles. The Bertz CT molecular complexity index is 427. The van der Waals surface area contributed by atoms with Crippen LogP contribution in [-0.2, 0) is 11.3 Å². The lowest BCUT2D eigenvalue weighted by molar-refractivity contribution is 0.0815. The van der Waals surface area contributed by atoms with Crippen LogP contribution in [0.1, 0.15) is 18.4 Å². The molecule has 21 heavy (non-hydrogen) atoms. The molecule has 1 saturated heterocycles. The molecule has 1 atom stereocenters. The Morgan fingerprint density at radius 1 is 1.38 bits per heavy atom. The Kier molecular flexibility index (Phi) is 6.89. The van der Waals surface area contributed by atoms with E-state index < -0.39 is 0 Å². The van der Waals surface area contributed by atoms with E-state index in [2.05, 4.69) is 0 Å². The zero-order valence-electron chi connectivity index (χ0n) is 12.2. The average Bonchev–Trinajstić information content (AvgIpc) is 2.54. The number of carbonyl (C=O) groups excluding carboxylic acids is 1. The smallest absolute Gasteiger partial charge is 0.410 e. The number of hydrogen-bond donors (Lipinski definition) is 1. The van der Waals surface area contributed by atoms with Gasteiger partial charge >= 0.3 is 6.09 Å². The Labute approximate surface area is 130 Å². The normalized spacial score (nSPS) is 18.5. The fraction of sp³-hybridized carbons (Fsp3) is 0.562. The summed E-state index contributed by atoms with van der Waals surface area (Å²) in [6.07, 6.45) is 1.97. The first kappa shape index (κ1) is 16.2. The molecule has 1 N–H and O–H groups in total. The van der Waals surface area contributed by atoms with E-state index in [1.54, 1.807) is 11.8 Å². The van der Waals surface area contributed by atoms with Crippen molar-refractivity contribution < 1.29 is 14.6 Å². The summed E-state index contributed by atoms with van der Waals surface area (Å²) in [6, 6.07) is 9.75. The van der Waals surface area contributed by atoms with E-state index in [1.807, 2.05) is 35.2 Å². The van der Waals surface area contributed by atoms with E-state index in [0.29, 0.717) is 12.5 Å². The van der Waals surface area contributed by atoms with E-state index in [9.17, 15) is 4.79 Å². The maximum Gasteiger partial charge on any atom is 0.410 e. The molecule has 1 amide bonds. The van der Waals surface area contributed by atoms with Crippen molar-refractivity contribution in [2.75, 3.05) is 31.2 Å². The van der Waals surface area contributed by atoms with Gasteiger partial charge in [-0.3, -0.25) is 0 Å². The van der Waals surface area contributed by atoms with Gasteiger partial charge in [-0.2, -0.15) is 11.8 Å². The molecule has 2 rings (SSSR count). The van der Waals surface area contributed by atoms with Gasteiger partial charge in [-0.15, -0.1) is 0 Å². The van der Waals surface area contributed by atoms with E-state index in [1.165, 1.54) is 0 Å². The Balaban J connectivity index is 1.74. The summed E-state index contributed by atoms with van der Waals surface area (Å²) in [5, 5.41) is 8.81. The van der Waals surface area contributed by atoms with Crippen molar-refractivity contribution in [3.63, 3.8) is 0 Å². The van der Waals surface area contributed by atoms with E-state index in [-0.39, 0.29) is 12.7 Å². The van der Waals surface area contributed by atoms with Crippen molar-refractivity contribution in [3.8, 4) is 0 Å². The lowest BCUT2D eigenvalue weighted by atomic mass is 10.0.